The minimum absolute atomic E-state index is 0. The van der Waals surface area contributed by atoms with Gasteiger partial charge in [-0.05, 0) is 45.4 Å². The largest absolute Gasteiger partial charge is 1.00 e. The Bertz CT molecular complexity index is 359. The van der Waals surface area contributed by atoms with Crippen molar-refractivity contribution in [1.29, 1.82) is 0 Å². The van der Waals surface area contributed by atoms with Gasteiger partial charge in [0.25, 0.3) is 0 Å². The summed E-state index contributed by atoms with van der Waals surface area (Å²) in [6.45, 7) is 5.31. The first-order valence-corrected chi connectivity index (χ1v) is 7.38. The van der Waals surface area contributed by atoms with E-state index in [-0.39, 0.29) is 70.5 Å². The molecule has 0 spiro atoms. The smallest absolute Gasteiger partial charge is 0.862 e. The van der Waals surface area contributed by atoms with Crippen molar-refractivity contribution in [2.45, 2.75) is 58.6 Å². The summed E-state index contributed by atoms with van der Waals surface area (Å²) >= 11 is 0. The summed E-state index contributed by atoms with van der Waals surface area (Å²) in [6.07, 6.45) is 6.36. The zero-order valence-corrected chi connectivity index (χ0v) is 17.3. The van der Waals surface area contributed by atoms with Crippen LogP contribution in [0.2, 0.25) is 0 Å². The molecule has 0 amide bonds. The minimum atomic E-state index is -0.997. The van der Waals surface area contributed by atoms with E-state index < -0.39 is 18.1 Å². The van der Waals surface area contributed by atoms with Gasteiger partial charge in [-0.25, -0.2) is 0 Å². The molecule has 122 valence electrons. The van der Waals surface area contributed by atoms with E-state index in [1.807, 2.05) is 6.08 Å². The first kappa shape index (κ1) is 24.5. The van der Waals surface area contributed by atoms with Crippen LogP contribution in [0.15, 0.2) is 17.1 Å². The predicted molar refractivity (Wildman–Crippen MR) is 81.1 cm³/mol. The van der Waals surface area contributed by atoms with Crippen LogP contribution in [0.5, 0.6) is 0 Å². The van der Waals surface area contributed by atoms with Gasteiger partial charge in [-0.1, -0.05) is 19.1 Å². The average Bonchev–Trinajstić information content (AvgIpc) is 2.41. The maximum Gasteiger partial charge on any atom is 1.00 e. The second-order valence-corrected chi connectivity index (χ2v) is 5.10. The summed E-state index contributed by atoms with van der Waals surface area (Å²) in [7, 11) is 0. The summed E-state index contributed by atoms with van der Waals surface area (Å²) < 4.78 is 0. The molecule has 2 unspecified atom stereocenters. The van der Waals surface area contributed by atoms with Crippen molar-refractivity contribution in [3.8, 4) is 0 Å². The number of aliphatic imine (C=N–C) groups is 1. The zero-order chi connectivity index (χ0) is 16.3. The number of allylic oxidation sites excluding steroid dienone is 2. The quantitative estimate of drug-likeness (QED) is 0.149. The minimum Gasteiger partial charge on any atom is -0.862 e. The van der Waals surface area contributed by atoms with Gasteiger partial charge in [0, 0.05) is 6.54 Å². The van der Waals surface area contributed by atoms with E-state index in [1.54, 1.807) is 6.92 Å². The molecule has 7 heteroatoms. The van der Waals surface area contributed by atoms with Gasteiger partial charge in [-0.3, -0.25) is 14.7 Å². The number of aliphatic hydroxyl groups is 1. The summed E-state index contributed by atoms with van der Waals surface area (Å²) in [6, 6.07) is -0.788. The number of hydrogen-bond donors (Lipinski definition) is 2. The van der Waals surface area contributed by atoms with Gasteiger partial charge >= 0.3 is 57.4 Å². The van der Waals surface area contributed by atoms with Crippen LogP contribution in [0.1, 0.15) is 46.5 Å². The molecule has 0 heterocycles. The van der Waals surface area contributed by atoms with Crippen LogP contribution in [0.4, 0.5) is 0 Å². The third kappa shape index (κ3) is 12.7. The van der Waals surface area contributed by atoms with E-state index in [0.717, 1.165) is 19.3 Å². The maximum absolute atomic E-state index is 11.6. The van der Waals surface area contributed by atoms with E-state index in [4.69, 9.17) is 5.11 Å². The number of unbranched alkanes of at least 4 members (excludes halogenated alkanes) is 1. The van der Waals surface area contributed by atoms with Gasteiger partial charge in [-0.15, -0.1) is 0 Å². The van der Waals surface area contributed by atoms with E-state index in [0.29, 0.717) is 6.42 Å². The molecule has 0 aliphatic heterocycles. The molecule has 22 heavy (non-hydrogen) atoms. The molecule has 2 N–H and O–H groups in total. The molecule has 0 radical (unpaired) electrons. The Morgan fingerprint density at radius 1 is 1.36 bits per heavy atom. The fraction of sp³-hybridized carbons (Fsp3) is 0.733. The Morgan fingerprint density at radius 2 is 2.00 bits per heavy atom. The first-order valence-electron chi connectivity index (χ1n) is 7.38. The number of aliphatic carboxylic acids is 1. The summed E-state index contributed by atoms with van der Waals surface area (Å²) in [5.74, 6) is -1.23. The molecule has 0 rings (SSSR count). The van der Waals surface area contributed by atoms with Gasteiger partial charge in [0.2, 0.25) is 0 Å². The summed E-state index contributed by atoms with van der Waals surface area (Å²) in [4.78, 5) is 16.3. The maximum atomic E-state index is 11.6. The second kappa shape index (κ2) is 14.8. The van der Waals surface area contributed by atoms with Gasteiger partial charge in [-0.2, -0.15) is 0 Å². The van der Waals surface area contributed by atoms with Crippen molar-refractivity contribution < 1.29 is 71.5 Å². The molecule has 0 fully saturated rings. The van der Waals surface area contributed by atoms with E-state index in [1.165, 1.54) is 11.8 Å². The van der Waals surface area contributed by atoms with E-state index >= 15 is 0 Å². The van der Waals surface area contributed by atoms with Crippen LogP contribution in [0.25, 0.3) is 0 Å². The fourth-order valence-electron chi connectivity index (χ4n) is 1.74. The molecular formula is C15H27KN2O4. The SMILES string of the molecule is CC/C=C/CCCC([O-])=NCN(CC(C)O)C(C)C(=O)O.[K+]. The topological polar surface area (TPSA) is 96.2 Å². The van der Waals surface area contributed by atoms with Crippen LogP contribution in [0, 0.1) is 0 Å². The predicted octanol–water partition coefficient (Wildman–Crippen LogP) is -2.00. The Kier molecular flexibility index (Phi) is 16.5. The van der Waals surface area contributed by atoms with Crippen molar-refractivity contribution in [2.24, 2.45) is 4.99 Å². The second-order valence-electron chi connectivity index (χ2n) is 5.10. The molecule has 0 aliphatic carbocycles. The number of carboxylic acid groups (broad SMARTS) is 1. The van der Waals surface area contributed by atoms with Gasteiger partial charge < -0.3 is 15.3 Å². The van der Waals surface area contributed by atoms with Crippen LogP contribution < -0.4 is 56.5 Å². The van der Waals surface area contributed by atoms with Crippen molar-refractivity contribution >= 4 is 11.9 Å². The number of hydrogen-bond acceptors (Lipinski definition) is 5. The number of nitrogens with zero attached hydrogens (tertiary/aromatic N) is 2. The Labute approximate surface area is 175 Å². The van der Waals surface area contributed by atoms with Gasteiger partial charge in [0.1, 0.15) is 6.04 Å². The van der Waals surface area contributed by atoms with Crippen molar-refractivity contribution in [1.82, 2.24) is 4.90 Å². The molecule has 2 atom stereocenters. The van der Waals surface area contributed by atoms with Crippen LogP contribution in [-0.4, -0.2) is 52.3 Å². The Balaban J connectivity index is 0. The summed E-state index contributed by atoms with van der Waals surface area (Å²) in [5, 5.41) is 30.0. The molecule has 0 aromatic carbocycles. The molecule has 0 saturated heterocycles. The van der Waals surface area contributed by atoms with Crippen LogP contribution >= 0.6 is 0 Å². The van der Waals surface area contributed by atoms with Gasteiger partial charge in [0.15, 0.2) is 0 Å². The standard InChI is InChI=1S/C15H28N2O4.K/c1-4-5-6-7-8-9-14(19)16-11-17(10-12(2)18)13(3)15(20)21;/h5-6,12-13,18H,4,7-11H2,1-3H3,(H,16,19)(H,20,21);/q;+1/p-1/b6-5+;. The average molecular weight is 338 g/mol. The molecule has 0 aromatic rings. The van der Waals surface area contributed by atoms with Crippen molar-refractivity contribution in [2.75, 3.05) is 13.2 Å². The third-order valence-corrected chi connectivity index (χ3v) is 3.00. The molecular weight excluding hydrogens is 311 g/mol. The number of carbonyl (C=O) groups is 1. The Morgan fingerprint density at radius 3 is 2.50 bits per heavy atom. The van der Waals surface area contributed by atoms with Crippen molar-refractivity contribution in [3.05, 3.63) is 12.2 Å². The third-order valence-electron chi connectivity index (χ3n) is 3.00. The fourth-order valence-corrected chi connectivity index (χ4v) is 1.74. The number of rotatable bonds is 11. The molecule has 0 aliphatic rings. The van der Waals surface area contributed by atoms with Crippen LogP contribution in [0.3, 0.4) is 0 Å². The first-order chi connectivity index (χ1) is 9.88. The number of aliphatic hydroxyl groups excluding tert-OH is 1. The van der Waals surface area contributed by atoms with Gasteiger partial charge in [0.05, 0.1) is 12.8 Å². The monoisotopic (exact) mass is 338 g/mol. The zero-order valence-electron chi connectivity index (χ0n) is 14.2. The van der Waals surface area contributed by atoms with Crippen molar-refractivity contribution in [3.63, 3.8) is 0 Å². The number of carboxylic acids is 1. The Hall–Kier alpha value is 0.236. The molecule has 6 nitrogen and oxygen atoms in total. The van der Waals surface area contributed by atoms with E-state index in [2.05, 4.69) is 18.0 Å². The molecule has 0 bridgehead atoms. The van der Waals surface area contributed by atoms with Crippen LogP contribution in [-0.2, 0) is 4.79 Å². The normalized spacial score (nSPS) is 14.9. The molecule has 0 aromatic heterocycles. The summed E-state index contributed by atoms with van der Waals surface area (Å²) in [5.41, 5.74) is 0. The molecule has 0 saturated carbocycles. The van der Waals surface area contributed by atoms with E-state index in [9.17, 15) is 15.0 Å².